The van der Waals surface area contributed by atoms with Crippen LogP contribution in [0, 0.1) is 17.9 Å². The van der Waals surface area contributed by atoms with Gasteiger partial charge < -0.3 is 25.4 Å². The molecule has 1 saturated carbocycles. The fourth-order valence-electron chi connectivity index (χ4n) is 3.91. The van der Waals surface area contributed by atoms with Gasteiger partial charge in [0.1, 0.15) is 42.9 Å². The number of anilines is 1. The number of aliphatic hydroxyl groups is 2. The predicted octanol–water partition coefficient (Wildman–Crippen LogP) is 0.976. The Morgan fingerprint density at radius 3 is 2.82 bits per heavy atom. The molecule has 0 radical (unpaired) electrons. The maximum absolute atomic E-state index is 10.4. The number of aromatic nitrogens is 4. The van der Waals surface area contributed by atoms with Crippen LogP contribution in [-0.2, 0) is 9.47 Å². The molecule has 0 aromatic carbocycles. The van der Waals surface area contributed by atoms with E-state index in [4.69, 9.17) is 15.2 Å². The Morgan fingerprint density at radius 2 is 2.00 bits per heavy atom. The quantitative estimate of drug-likeness (QED) is 0.662. The van der Waals surface area contributed by atoms with Gasteiger partial charge in [-0.25, -0.2) is 15.0 Å². The van der Waals surface area contributed by atoms with E-state index in [1.807, 2.05) is 0 Å². The molecule has 2 fully saturated rings. The van der Waals surface area contributed by atoms with Gasteiger partial charge in [-0.1, -0.05) is 25.2 Å². The fourth-order valence-corrected chi connectivity index (χ4v) is 3.91. The molecule has 4 rings (SSSR count). The third-order valence-electron chi connectivity index (χ3n) is 5.51. The number of ether oxygens (including phenoxy) is 2. The second kappa shape index (κ2) is 8.31. The summed E-state index contributed by atoms with van der Waals surface area (Å²) in [7, 11) is 0. The summed E-state index contributed by atoms with van der Waals surface area (Å²) >= 11 is 0. The molecule has 0 amide bonds. The van der Waals surface area contributed by atoms with Crippen molar-refractivity contribution < 1.29 is 19.7 Å². The number of imidazole rings is 1. The Kier molecular flexibility index (Phi) is 5.62. The smallest absolute Gasteiger partial charge is 0.167 e. The summed E-state index contributed by atoms with van der Waals surface area (Å²) < 4.78 is 12.7. The average Bonchev–Trinajstić information content (AvgIpc) is 3.26. The van der Waals surface area contributed by atoms with E-state index in [1.54, 1.807) is 0 Å². The van der Waals surface area contributed by atoms with Crippen LogP contribution in [-0.4, -0.2) is 54.7 Å². The van der Waals surface area contributed by atoms with E-state index in [-0.39, 0.29) is 12.4 Å². The minimum atomic E-state index is -1.16. The molecule has 4 atom stereocenters. The van der Waals surface area contributed by atoms with E-state index in [1.165, 1.54) is 49.3 Å². The topological polar surface area (TPSA) is 129 Å². The first kappa shape index (κ1) is 18.9. The van der Waals surface area contributed by atoms with Crippen LogP contribution < -0.4 is 5.73 Å². The highest BCUT2D eigenvalue weighted by Crippen LogP contribution is 2.32. The van der Waals surface area contributed by atoms with Gasteiger partial charge in [-0.05, 0) is 18.8 Å². The fraction of sp³-hybridized carbons (Fsp3) is 0.632. The van der Waals surface area contributed by atoms with Crippen LogP contribution in [0.15, 0.2) is 12.7 Å². The molecule has 9 nitrogen and oxygen atoms in total. The van der Waals surface area contributed by atoms with Gasteiger partial charge in [-0.15, -0.1) is 0 Å². The molecule has 2 aromatic heterocycles. The van der Waals surface area contributed by atoms with E-state index >= 15 is 0 Å². The standard InChI is InChI=1S/C19H25N5O4/c20-17-14-18(22-10-21-17)24(11-23-14)19-16(26)15(25)13(28-19)9-27-8-4-7-12-5-2-1-3-6-12/h10-13,15-16,19,25-26H,1-3,5-7,9H2,(H2,20,21,22)/t13-,15-,16-,19-/m1/s1. The lowest BCUT2D eigenvalue weighted by Crippen LogP contribution is -2.33. The summed E-state index contributed by atoms with van der Waals surface area (Å²) in [5.74, 6) is 3.96. The highest BCUT2D eigenvalue weighted by molar-refractivity contribution is 5.81. The van der Waals surface area contributed by atoms with Gasteiger partial charge in [-0.2, -0.15) is 0 Å². The molecule has 0 spiro atoms. The molecule has 4 N–H and O–H groups in total. The summed E-state index contributed by atoms with van der Waals surface area (Å²) in [5.41, 5.74) is 6.64. The zero-order valence-corrected chi connectivity index (χ0v) is 15.6. The Morgan fingerprint density at radius 1 is 1.18 bits per heavy atom. The first-order valence-electron chi connectivity index (χ1n) is 9.69. The number of nitrogen functional groups attached to an aromatic ring is 1. The number of hydrogen-bond donors (Lipinski definition) is 3. The molecule has 3 heterocycles. The van der Waals surface area contributed by atoms with Crippen molar-refractivity contribution in [2.75, 3.05) is 12.3 Å². The largest absolute Gasteiger partial charge is 0.444 e. The van der Waals surface area contributed by atoms with E-state index in [0.29, 0.717) is 17.1 Å². The number of rotatable bonds is 4. The number of hydrogen-bond acceptors (Lipinski definition) is 8. The zero-order chi connectivity index (χ0) is 19.5. The van der Waals surface area contributed by atoms with Crippen molar-refractivity contribution >= 4 is 17.0 Å². The van der Waals surface area contributed by atoms with Crippen LogP contribution in [0.5, 0.6) is 0 Å². The lowest BCUT2D eigenvalue weighted by Gasteiger charge is -2.18. The van der Waals surface area contributed by atoms with Crippen LogP contribution in [0.2, 0.25) is 0 Å². The third kappa shape index (κ3) is 3.76. The highest BCUT2D eigenvalue weighted by atomic mass is 16.6. The van der Waals surface area contributed by atoms with Crippen molar-refractivity contribution in [2.45, 2.75) is 63.1 Å². The van der Waals surface area contributed by atoms with Crippen LogP contribution in [0.1, 0.15) is 44.8 Å². The second-order valence-electron chi connectivity index (χ2n) is 7.43. The van der Waals surface area contributed by atoms with Gasteiger partial charge in [0, 0.05) is 6.42 Å². The molecule has 0 bridgehead atoms. The second-order valence-corrected chi connectivity index (χ2v) is 7.43. The van der Waals surface area contributed by atoms with Gasteiger partial charge in [0.15, 0.2) is 17.7 Å². The van der Waals surface area contributed by atoms with E-state index in [0.717, 1.165) is 6.42 Å². The number of nitrogens with two attached hydrogens (primary N) is 1. The van der Waals surface area contributed by atoms with Crippen molar-refractivity contribution in [1.82, 2.24) is 19.5 Å². The van der Waals surface area contributed by atoms with Crippen LogP contribution in [0.3, 0.4) is 0 Å². The molecule has 1 aliphatic heterocycles. The predicted molar refractivity (Wildman–Crippen MR) is 101 cm³/mol. The maximum atomic E-state index is 10.4. The van der Waals surface area contributed by atoms with Crippen molar-refractivity contribution in [3.05, 3.63) is 12.7 Å². The Labute approximate surface area is 162 Å². The minimum absolute atomic E-state index is 0.0656. The average molecular weight is 387 g/mol. The lowest BCUT2D eigenvalue weighted by molar-refractivity contribution is -0.0510. The minimum Gasteiger partial charge on any atom is -0.444 e. The molecule has 1 saturated heterocycles. The molecule has 1 aliphatic carbocycles. The van der Waals surface area contributed by atoms with Crippen LogP contribution >= 0.6 is 0 Å². The van der Waals surface area contributed by atoms with Gasteiger partial charge in [0.2, 0.25) is 0 Å². The summed E-state index contributed by atoms with van der Waals surface area (Å²) in [5, 5.41) is 20.7. The SMILES string of the molecule is Nc1ncnc2c1ncn2[C@@H]1O[C@H](COC#CCC2CCCCC2)[C@@H](O)[C@H]1O. The molecule has 9 heteroatoms. The summed E-state index contributed by atoms with van der Waals surface area (Å²) in [4.78, 5) is 12.2. The van der Waals surface area contributed by atoms with Crippen LogP contribution in [0.25, 0.3) is 11.2 Å². The first-order chi connectivity index (χ1) is 13.6. The maximum Gasteiger partial charge on any atom is 0.167 e. The number of nitrogens with zero attached hydrogens (tertiary/aromatic N) is 4. The Balaban J connectivity index is 1.36. The highest BCUT2D eigenvalue weighted by Gasteiger charge is 2.44. The molecular formula is C19H25N5O4. The van der Waals surface area contributed by atoms with E-state index in [9.17, 15) is 10.2 Å². The summed E-state index contributed by atoms with van der Waals surface area (Å²) in [6.45, 7) is 0.0656. The lowest BCUT2D eigenvalue weighted by atomic mass is 9.87. The number of aliphatic hydroxyl groups excluding tert-OH is 2. The zero-order valence-electron chi connectivity index (χ0n) is 15.6. The molecular weight excluding hydrogens is 362 g/mol. The summed E-state index contributed by atoms with van der Waals surface area (Å²) in [6, 6.07) is 0. The van der Waals surface area contributed by atoms with Gasteiger partial charge in [0.05, 0.1) is 6.33 Å². The van der Waals surface area contributed by atoms with Crippen molar-refractivity contribution in [1.29, 1.82) is 0 Å². The summed E-state index contributed by atoms with van der Waals surface area (Å²) in [6.07, 6.45) is 8.86. The molecule has 150 valence electrons. The third-order valence-corrected chi connectivity index (χ3v) is 5.51. The first-order valence-corrected chi connectivity index (χ1v) is 9.69. The Bertz CT molecular complexity index is 870. The monoisotopic (exact) mass is 387 g/mol. The van der Waals surface area contributed by atoms with Crippen molar-refractivity contribution in [2.24, 2.45) is 5.92 Å². The molecule has 2 aliphatic rings. The van der Waals surface area contributed by atoms with E-state index in [2.05, 4.69) is 27.0 Å². The van der Waals surface area contributed by atoms with E-state index < -0.39 is 24.5 Å². The van der Waals surface area contributed by atoms with Crippen molar-refractivity contribution in [3.8, 4) is 12.0 Å². The number of fused-ring (bicyclic) bond motifs is 1. The normalized spacial score (nSPS) is 28.2. The Hall–Kier alpha value is -2.41. The van der Waals surface area contributed by atoms with Crippen molar-refractivity contribution in [3.63, 3.8) is 0 Å². The molecule has 0 unspecified atom stereocenters. The van der Waals surface area contributed by atoms with Gasteiger partial charge in [-0.3, -0.25) is 4.57 Å². The molecule has 2 aromatic rings. The van der Waals surface area contributed by atoms with Gasteiger partial charge in [0.25, 0.3) is 0 Å². The van der Waals surface area contributed by atoms with Gasteiger partial charge >= 0.3 is 0 Å². The van der Waals surface area contributed by atoms with Crippen LogP contribution in [0.4, 0.5) is 5.82 Å². The molecule has 28 heavy (non-hydrogen) atoms.